The third kappa shape index (κ3) is 3.15. The van der Waals surface area contributed by atoms with Crippen LogP contribution in [0.25, 0.3) is 10.8 Å². The minimum absolute atomic E-state index is 0.0299. The van der Waals surface area contributed by atoms with Crippen LogP contribution in [-0.4, -0.2) is 48.3 Å². The second-order valence-corrected chi connectivity index (χ2v) is 6.90. The number of allylic oxidation sites excluding steroid dienone is 1. The quantitative estimate of drug-likeness (QED) is 0.902. The molecule has 2 atom stereocenters. The molecule has 0 spiro atoms. The number of fused-ring (bicyclic) bond motifs is 1. The van der Waals surface area contributed by atoms with Gasteiger partial charge in [0.2, 0.25) is 5.76 Å². The second kappa shape index (κ2) is 7.00. The first-order chi connectivity index (χ1) is 12.6. The van der Waals surface area contributed by atoms with Gasteiger partial charge in [0, 0.05) is 19.0 Å². The van der Waals surface area contributed by atoms with E-state index < -0.39 is 6.10 Å². The van der Waals surface area contributed by atoms with Gasteiger partial charge in [-0.25, -0.2) is 0 Å². The molecule has 1 amide bonds. The molecule has 4 rings (SSSR count). The molecular weight excluding hydrogens is 330 g/mol. The Hall–Kier alpha value is -2.53. The van der Waals surface area contributed by atoms with Crippen molar-refractivity contribution in [3.8, 4) is 0 Å². The van der Waals surface area contributed by atoms with Crippen LogP contribution in [0.1, 0.15) is 24.8 Å². The van der Waals surface area contributed by atoms with Crippen molar-refractivity contribution in [3.63, 3.8) is 0 Å². The summed E-state index contributed by atoms with van der Waals surface area (Å²) in [4.78, 5) is 14.3. The summed E-state index contributed by atoms with van der Waals surface area (Å²) in [7, 11) is 0. The Morgan fingerprint density at radius 1 is 1.12 bits per heavy atom. The number of carbonyl (C=O) groups is 1. The molecule has 0 bridgehead atoms. The van der Waals surface area contributed by atoms with Crippen molar-refractivity contribution in [2.45, 2.75) is 25.4 Å². The van der Waals surface area contributed by atoms with Gasteiger partial charge in [-0.2, -0.15) is 0 Å². The molecule has 26 heavy (non-hydrogen) atoms. The van der Waals surface area contributed by atoms with E-state index in [1.165, 1.54) is 10.8 Å². The first kappa shape index (κ1) is 16.9. The zero-order valence-electron chi connectivity index (χ0n) is 14.9. The molecule has 2 aromatic carbocycles. The number of amides is 1. The summed E-state index contributed by atoms with van der Waals surface area (Å²) < 4.78 is 10.9. The first-order valence-corrected chi connectivity index (χ1v) is 9.06. The first-order valence-electron chi connectivity index (χ1n) is 9.06. The van der Waals surface area contributed by atoms with Gasteiger partial charge >= 0.3 is 0 Å². The lowest BCUT2D eigenvalue weighted by Gasteiger charge is -2.37. The Kier molecular flexibility index (Phi) is 4.55. The minimum Gasteiger partial charge on any atom is -0.491 e. The summed E-state index contributed by atoms with van der Waals surface area (Å²) in [6.45, 7) is 3.48. The van der Waals surface area contributed by atoms with Gasteiger partial charge in [-0.1, -0.05) is 42.5 Å². The van der Waals surface area contributed by atoms with Gasteiger partial charge in [-0.15, -0.1) is 0 Å². The molecule has 5 nitrogen and oxygen atoms in total. The zero-order valence-corrected chi connectivity index (χ0v) is 14.9. The predicted molar refractivity (Wildman–Crippen MR) is 98.5 cm³/mol. The smallest absolute Gasteiger partial charge is 0.292 e. The van der Waals surface area contributed by atoms with E-state index in [-0.39, 0.29) is 17.6 Å². The Morgan fingerprint density at radius 2 is 1.88 bits per heavy atom. The molecule has 1 N–H and O–H groups in total. The zero-order chi connectivity index (χ0) is 18.1. The normalized spacial score (nSPS) is 23.5. The van der Waals surface area contributed by atoms with Crippen LogP contribution < -0.4 is 0 Å². The molecule has 2 aliphatic heterocycles. The SMILES string of the molecule is CC1=C(C(=O)N2CC[C@@H](c3ccc4ccccc4c3)[C@H](O)C2)OCCO1. The topological polar surface area (TPSA) is 59.0 Å². The highest BCUT2D eigenvalue weighted by molar-refractivity contribution is 5.92. The van der Waals surface area contributed by atoms with Gasteiger partial charge < -0.3 is 19.5 Å². The minimum atomic E-state index is -0.598. The summed E-state index contributed by atoms with van der Waals surface area (Å²) in [5.74, 6) is 0.625. The molecule has 2 aliphatic rings. The molecule has 2 aromatic rings. The fourth-order valence-corrected chi connectivity index (χ4v) is 3.80. The van der Waals surface area contributed by atoms with E-state index in [1.807, 2.05) is 12.1 Å². The summed E-state index contributed by atoms with van der Waals surface area (Å²) in [6.07, 6.45) is 0.123. The van der Waals surface area contributed by atoms with Crippen LogP contribution >= 0.6 is 0 Å². The van der Waals surface area contributed by atoms with Gasteiger partial charge in [0.15, 0.2) is 0 Å². The van der Waals surface area contributed by atoms with Crippen LogP contribution in [-0.2, 0) is 14.3 Å². The van der Waals surface area contributed by atoms with Crippen molar-refractivity contribution in [1.82, 2.24) is 4.90 Å². The Bertz CT molecular complexity index is 860. The fourth-order valence-electron chi connectivity index (χ4n) is 3.80. The molecule has 0 aromatic heterocycles. The summed E-state index contributed by atoms with van der Waals surface area (Å²) in [6, 6.07) is 14.5. The maximum absolute atomic E-state index is 12.7. The van der Waals surface area contributed by atoms with E-state index >= 15 is 0 Å². The third-order valence-electron chi connectivity index (χ3n) is 5.23. The highest BCUT2D eigenvalue weighted by Crippen LogP contribution is 2.31. The standard InChI is InChI=1S/C21H23NO4/c1-14-20(26-11-10-25-14)21(24)22-9-8-18(19(23)13-22)17-7-6-15-4-2-3-5-16(15)12-17/h2-7,12,18-19,23H,8-11,13H2,1H3/t18-,19+/m0/s1. The average molecular weight is 353 g/mol. The lowest BCUT2D eigenvalue weighted by atomic mass is 9.86. The van der Waals surface area contributed by atoms with E-state index in [0.717, 1.165) is 12.0 Å². The van der Waals surface area contributed by atoms with Crippen molar-refractivity contribution in [1.29, 1.82) is 0 Å². The van der Waals surface area contributed by atoms with E-state index in [2.05, 4.69) is 30.3 Å². The lowest BCUT2D eigenvalue weighted by molar-refractivity contribution is -0.136. The van der Waals surface area contributed by atoms with E-state index in [1.54, 1.807) is 11.8 Å². The van der Waals surface area contributed by atoms with Gasteiger partial charge in [0.1, 0.15) is 19.0 Å². The monoisotopic (exact) mass is 353 g/mol. The number of piperidine rings is 1. The second-order valence-electron chi connectivity index (χ2n) is 6.90. The van der Waals surface area contributed by atoms with Crippen LogP contribution in [0, 0.1) is 0 Å². The van der Waals surface area contributed by atoms with Gasteiger partial charge in [0.25, 0.3) is 5.91 Å². The van der Waals surface area contributed by atoms with Gasteiger partial charge in [-0.3, -0.25) is 4.79 Å². The number of rotatable bonds is 2. The third-order valence-corrected chi connectivity index (χ3v) is 5.23. The van der Waals surface area contributed by atoms with Gasteiger partial charge in [0.05, 0.1) is 6.10 Å². The Labute approximate surface area is 152 Å². The maximum atomic E-state index is 12.7. The van der Waals surface area contributed by atoms with Crippen LogP contribution in [0.4, 0.5) is 0 Å². The number of hydrogen-bond acceptors (Lipinski definition) is 4. The summed E-state index contributed by atoms with van der Waals surface area (Å²) in [5, 5.41) is 13.1. The number of nitrogens with zero attached hydrogens (tertiary/aromatic N) is 1. The molecule has 136 valence electrons. The van der Waals surface area contributed by atoms with Crippen molar-refractivity contribution >= 4 is 16.7 Å². The number of likely N-dealkylation sites (tertiary alicyclic amines) is 1. The van der Waals surface area contributed by atoms with E-state index in [4.69, 9.17) is 9.47 Å². The molecule has 1 fully saturated rings. The van der Waals surface area contributed by atoms with Gasteiger partial charge in [-0.05, 0) is 29.7 Å². The number of aliphatic hydroxyl groups excluding tert-OH is 1. The molecule has 0 aliphatic carbocycles. The maximum Gasteiger partial charge on any atom is 0.292 e. The molecule has 0 radical (unpaired) electrons. The highest BCUT2D eigenvalue weighted by Gasteiger charge is 2.34. The van der Waals surface area contributed by atoms with Crippen molar-refractivity contribution in [3.05, 3.63) is 59.5 Å². The number of aliphatic hydroxyl groups is 1. The summed E-state index contributed by atoms with van der Waals surface area (Å²) in [5.41, 5.74) is 1.12. The fraction of sp³-hybridized carbons (Fsp3) is 0.381. The van der Waals surface area contributed by atoms with Crippen molar-refractivity contribution in [2.75, 3.05) is 26.3 Å². The molecule has 0 unspecified atom stereocenters. The Morgan fingerprint density at radius 3 is 2.65 bits per heavy atom. The average Bonchev–Trinajstić information content (AvgIpc) is 2.67. The van der Waals surface area contributed by atoms with Crippen molar-refractivity contribution in [2.24, 2.45) is 0 Å². The van der Waals surface area contributed by atoms with Crippen LogP contribution in [0.15, 0.2) is 54.0 Å². The van der Waals surface area contributed by atoms with Crippen LogP contribution in [0.5, 0.6) is 0 Å². The van der Waals surface area contributed by atoms with Crippen molar-refractivity contribution < 1.29 is 19.4 Å². The number of β-amino-alcohol motifs (C(OH)–C–C–N with tert-alkyl or cyclic N) is 1. The lowest BCUT2D eigenvalue weighted by Crippen LogP contribution is -2.47. The molecular formula is C21H23NO4. The highest BCUT2D eigenvalue weighted by atomic mass is 16.6. The number of carbonyl (C=O) groups excluding carboxylic acids is 1. The number of ether oxygens (including phenoxy) is 2. The largest absolute Gasteiger partial charge is 0.491 e. The molecule has 5 heteroatoms. The van der Waals surface area contributed by atoms with Crippen LogP contribution in [0.3, 0.4) is 0 Å². The predicted octanol–water partition coefficient (Wildman–Crippen LogP) is 2.79. The van der Waals surface area contributed by atoms with Crippen LogP contribution in [0.2, 0.25) is 0 Å². The van der Waals surface area contributed by atoms with E-state index in [9.17, 15) is 9.90 Å². The van der Waals surface area contributed by atoms with E-state index in [0.29, 0.717) is 32.1 Å². The summed E-state index contributed by atoms with van der Waals surface area (Å²) >= 11 is 0. The molecule has 1 saturated heterocycles. The molecule has 0 saturated carbocycles. The number of hydrogen-bond donors (Lipinski definition) is 1. The molecule has 2 heterocycles. The number of benzene rings is 2. The Balaban J connectivity index is 1.50.